The summed E-state index contributed by atoms with van der Waals surface area (Å²) in [5.74, 6) is 1.20. The fraction of sp³-hybridized carbons (Fsp3) is 1.00. The van der Waals surface area contributed by atoms with E-state index in [-0.39, 0.29) is 0 Å². The summed E-state index contributed by atoms with van der Waals surface area (Å²) in [6, 6.07) is 0. The molecule has 0 aromatic carbocycles. The van der Waals surface area contributed by atoms with Crippen LogP contribution in [0, 0.1) is 0 Å². The van der Waals surface area contributed by atoms with Gasteiger partial charge in [0.1, 0.15) is 0 Å². The lowest BCUT2D eigenvalue weighted by Crippen LogP contribution is -2.22. The predicted octanol–water partition coefficient (Wildman–Crippen LogP) is 5.20. The second-order valence-corrected chi connectivity index (χ2v) is 8.61. The van der Waals surface area contributed by atoms with Crippen LogP contribution in [0.5, 0.6) is 0 Å². The first-order valence-corrected chi connectivity index (χ1v) is 12.5. The Morgan fingerprint density at radius 1 is 0.593 bits per heavy atom. The first kappa shape index (κ1) is 27.2. The highest BCUT2D eigenvalue weighted by atomic mass is 32.2. The molecule has 5 heteroatoms. The van der Waals surface area contributed by atoms with E-state index in [1.54, 1.807) is 11.8 Å². The van der Waals surface area contributed by atoms with Gasteiger partial charge in [-0.25, -0.2) is 0 Å². The maximum atomic E-state index is 9.91. The van der Waals surface area contributed by atoms with Crippen molar-refractivity contribution in [1.29, 1.82) is 0 Å². The zero-order valence-corrected chi connectivity index (χ0v) is 18.8. The fourth-order valence-corrected chi connectivity index (χ4v) is 3.72. The Morgan fingerprint density at radius 3 is 1.37 bits per heavy atom. The van der Waals surface area contributed by atoms with Crippen LogP contribution in [-0.4, -0.2) is 60.4 Å². The topological polar surface area (TPSA) is 58.9 Å². The van der Waals surface area contributed by atoms with E-state index in [2.05, 4.69) is 13.8 Å². The molecule has 0 aromatic rings. The Hall–Kier alpha value is 0.190. The molecule has 2 N–H and O–H groups in total. The van der Waals surface area contributed by atoms with E-state index in [4.69, 9.17) is 9.47 Å². The molecule has 0 saturated heterocycles. The summed E-state index contributed by atoms with van der Waals surface area (Å²) in [5.41, 5.74) is 0. The zero-order chi connectivity index (χ0) is 20.0. The number of rotatable bonds is 22. The summed E-state index contributed by atoms with van der Waals surface area (Å²) in [7, 11) is 0. The molecule has 0 bridgehead atoms. The standard InChI is InChI=1S/C22H46O4S/c1-3-5-7-9-11-13-15-25-17-21(23)19-27-20-22(24)18-26-16-14-12-10-8-6-4-2/h21-24H,3-20H2,1-2H3. The lowest BCUT2D eigenvalue weighted by molar-refractivity contribution is 0.0442. The number of unbranched alkanes of at least 4 members (excludes halogenated alkanes) is 10. The van der Waals surface area contributed by atoms with Gasteiger partial charge in [0.15, 0.2) is 0 Å². The SMILES string of the molecule is CCCCCCCCOCC(O)CSCC(O)COCCCCCCCC. The Bertz CT molecular complexity index is 253. The van der Waals surface area contributed by atoms with Crippen LogP contribution in [-0.2, 0) is 9.47 Å². The monoisotopic (exact) mass is 406 g/mol. The molecular formula is C22H46O4S. The Morgan fingerprint density at radius 2 is 0.963 bits per heavy atom. The van der Waals surface area contributed by atoms with Gasteiger partial charge >= 0.3 is 0 Å². The van der Waals surface area contributed by atoms with Crippen molar-refractivity contribution >= 4 is 11.8 Å². The van der Waals surface area contributed by atoms with Gasteiger partial charge < -0.3 is 19.7 Å². The average molecular weight is 407 g/mol. The van der Waals surface area contributed by atoms with Crippen LogP contribution in [0.3, 0.4) is 0 Å². The molecule has 0 spiro atoms. The molecule has 27 heavy (non-hydrogen) atoms. The van der Waals surface area contributed by atoms with E-state index in [9.17, 15) is 10.2 Å². The summed E-state index contributed by atoms with van der Waals surface area (Å²) >= 11 is 1.56. The third-order valence-electron chi connectivity index (χ3n) is 4.53. The van der Waals surface area contributed by atoms with Gasteiger partial charge in [0.25, 0.3) is 0 Å². The van der Waals surface area contributed by atoms with Crippen molar-refractivity contribution in [2.45, 2.75) is 103 Å². The summed E-state index contributed by atoms with van der Waals surface area (Å²) in [5, 5.41) is 19.8. The van der Waals surface area contributed by atoms with Gasteiger partial charge in [-0.3, -0.25) is 0 Å². The van der Waals surface area contributed by atoms with E-state index >= 15 is 0 Å². The molecule has 0 aliphatic rings. The minimum atomic E-state index is -0.452. The van der Waals surface area contributed by atoms with Crippen molar-refractivity contribution in [3.63, 3.8) is 0 Å². The van der Waals surface area contributed by atoms with E-state index in [0.29, 0.717) is 24.7 Å². The maximum Gasteiger partial charge on any atom is 0.0863 e. The number of aliphatic hydroxyl groups is 2. The van der Waals surface area contributed by atoms with Gasteiger partial charge in [-0.05, 0) is 12.8 Å². The van der Waals surface area contributed by atoms with Gasteiger partial charge in [0, 0.05) is 24.7 Å². The number of hydrogen-bond acceptors (Lipinski definition) is 5. The third-order valence-corrected chi connectivity index (χ3v) is 5.77. The number of aliphatic hydroxyl groups excluding tert-OH is 2. The number of thioether (sulfide) groups is 1. The van der Waals surface area contributed by atoms with E-state index < -0.39 is 12.2 Å². The van der Waals surface area contributed by atoms with Crippen LogP contribution in [0.1, 0.15) is 90.9 Å². The molecule has 0 fully saturated rings. The van der Waals surface area contributed by atoms with Crippen molar-refractivity contribution in [3.8, 4) is 0 Å². The highest BCUT2D eigenvalue weighted by Gasteiger charge is 2.08. The quantitative estimate of drug-likeness (QED) is 0.242. The van der Waals surface area contributed by atoms with Crippen molar-refractivity contribution in [3.05, 3.63) is 0 Å². The molecule has 2 unspecified atom stereocenters. The first-order valence-electron chi connectivity index (χ1n) is 11.3. The second-order valence-electron chi connectivity index (χ2n) is 7.53. The van der Waals surface area contributed by atoms with Crippen LogP contribution < -0.4 is 0 Å². The molecule has 164 valence electrons. The van der Waals surface area contributed by atoms with Crippen molar-refractivity contribution in [2.75, 3.05) is 37.9 Å². The Labute approximate surface area is 172 Å². The molecule has 4 nitrogen and oxygen atoms in total. The minimum absolute atomic E-state index is 0.395. The molecule has 0 heterocycles. The summed E-state index contributed by atoms with van der Waals surface area (Å²) in [6.45, 7) is 6.72. The third kappa shape index (κ3) is 22.3. The van der Waals surface area contributed by atoms with Crippen LogP contribution in [0.4, 0.5) is 0 Å². The number of ether oxygens (including phenoxy) is 2. The Kier molecular flexibility index (Phi) is 22.6. The predicted molar refractivity (Wildman–Crippen MR) is 118 cm³/mol. The van der Waals surface area contributed by atoms with Crippen LogP contribution in [0.25, 0.3) is 0 Å². The average Bonchev–Trinajstić information content (AvgIpc) is 2.66. The molecule has 0 aromatic heterocycles. The second kappa shape index (κ2) is 22.5. The van der Waals surface area contributed by atoms with E-state index in [1.807, 2.05) is 0 Å². The van der Waals surface area contributed by atoms with Crippen LogP contribution in [0.2, 0.25) is 0 Å². The smallest absolute Gasteiger partial charge is 0.0863 e. The molecule has 0 saturated carbocycles. The van der Waals surface area contributed by atoms with Gasteiger partial charge in [-0.1, -0.05) is 78.1 Å². The van der Waals surface area contributed by atoms with Crippen LogP contribution in [0.15, 0.2) is 0 Å². The molecule has 0 rings (SSSR count). The summed E-state index contributed by atoms with van der Waals surface area (Å²) in [4.78, 5) is 0. The summed E-state index contributed by atoms with van der Waals surface area (Å²) < 4.78 is 11.1. The van der Waals surface area contributed by atoms with Crippen molar-refractivity contribution in [1.82, 2.24) is 0 Å². The van der Waals surface area contributed by atoms with E-state index in [1.165, 1.54) is 64.2 Å². The first-order chi connectivity index (χ1) is 13.2. The van der Waals surface area contributed by atoms with Crippen molar-refractivity contribution in [2.24, 2.45) is 0 Å². The highest BCUT2D eigenvalue weighted by Crippen LogP contribution is 2.09. The fourth-order valence-electron chi connectivity index (χ4n) is 2.84. The largest absolute Gasteiger partial charge is 0.390 e. The lowest BCUT2D eigenvalue weighted by atomic mass is 10.1. The molecule has 0 aliphatic carbocycles. The molecule has 2 atom stereocenters. The Balaban J connectivity index is 3.29. The maximum absolute atomic E-state index is 9.91. The van der Waals surface area contributed by atoms with Crippen molar-refractivity contribution < 1.29 is 19.7 Å². The summed E-state index contributed by atoms with van der Waals surface area (Å²) in [6.07, 6.45) is 14.1. The number of hydrogen-bond donors (Lipinski definition) is 2. The molecular weight excluding hydrogens is 360 g/mol. The van der Waals surface area contributed by atoms with Gasteiger partial charge in [-0.15, -0.1) is 0 Å². The zero-order valence-electron chi connectivity index (χ0n) is 18.0. The van der Waals surface area contributed by atoms with E-state index in [0.717, 1.165) is 26.1 Å². The highest BCUT2D eigenvalue weighted by molar-refractivity contribution is 7.99. The normalized spacial score (nSPS) is 13.8. The van der Waals surface area contributed by atoms with Gasteiger partial charge in [0.2, 0.25) is 0 Å². The van der Waals surface area contributed by atoms with Gasteiger partial charge in [-0.2, -0.15) is 11.8 Å². The van der Waals surface area contributed by atoms with Gasteiger partial charge in [0.05, 0.1) is 25.4 Å². The minimum Gasteiger partial charge on any atom is -0.390 e. The molecule has 0 aliphatic heterocycles. The van der Waals surface area contributed by atoms with Crippen LogP contribution >= 0.6 is 11.8 Å². The molecule has 0 amide bonds. The lowest BCUT2D eigenvalue weighted by Gasteiger charge is -2.14. The molecule has 0 radical (unpaired) electrons.